The Bertz CT molecular complexity index is 858. The largest absolute Gasteiger partial charge is 1.00 e. The van der Waals surface area contributed by atoms with E-state index in [1.165, 1.54) is 6.92 Å². The van der Waals surface area contributed by atoms with Gasteiger partial charge in [0.2, 0.25) is 11.8 Å². The number of carbonyl (C=O) groups is 6. The second-order valence-electron chi connectivity index (χ2n) is 8.45. The van der Waals surface area contributed by atoms with Gasteiger partial charge in [0, 0.05) is 60.6 Å². The van der Waals surface area contributed by atoms with E-state index in [0.717, 1.165) is 0 Å². The maximum Gasteiger partial charge on any atom is 1.00 e. The molecular formula is C21H29N2Na7O13Si. The molecule has 44 heavy (non-hydrogen) atoms. The minimum absolute atomic E-state index is 0. The van der Waals surface area contributed by atoms with Gasteiger partial charge in [-0.25, -0.2) is 0 Å². The van der Waals surface area contributed by atoms with Gasteiger partial charge in [0.25, 0.3) is 0 Å². The van der Waals surface area contributed by atoms with Crippen LogP contribution in [0.25, 0.3) is 0 Å². The molecular weight excluding hydrogens is 677 g/mol. The van der Waals surface area contributed by atoms with Crippen LogP contribution in [-0.2, 0) is 28.8 Å². The molecule has 15 nitrogen and oxygen atoms in total. The van der Waals surface area contributed by atoms with Crippen molar-refractivity contribution < 1.29 is 270 Å². The summed E-state index contributed by atoms with van der Waals surface area (Å²) in [5.74, 6) is -22.5. The van der Waals surface area contributed by atoms with Gasteiger partial charge in [-0.1, -0.05) is 20.3 Å². The second-order valence-corrected chi connectivity index (χ2v) is 10.3. The van der Waals surface area contributed by atoms with Gasteiger partial charge in [-0.2, -0.15) is 0 Å². The number of carboxylic acids is 4. The summed E-state index contributed by atoms with van der Waals surface area (Å²) in [4.78, 5) is 105. The van der Waals surface area contributed by atoms with E-state index < -0.39 is 93.1 Å². The summed E-state index contributed by atoms with van der Waals surface area (Å²) in [6.07, 6.45) is -1.21. The van der Waals surface area contributed by atoms with Crippen LogP contribution in [0.1, 0.15) is 46.0 Å². The number of nitrogens with one attached hydrogen (secondary N) is 2. The third-order valence-electron chi connectivity index (χ3n) is 5.74. The van der Waals surface area contributed by atoms with E-state index in [-0.39, 0.29) is 226 Å². The Balaban J connectivity index is -0.000000309. The molecule has 0 aliphatic rings. The smallest absolute Gasteiger partial charge is 0.881 e. The summed E-state index contributed by atoms with van der Waals surface area (Å²) in [5.41, 5.74) is 0. The average molecular weight is 706 g/mol. The first kappa shape index (κ1) is 66.2. The molecule has 0 rings (SSSR count). The molecule has 0 bridgehead atoms. The minimum atomic E-state index is -5.17. The molecule has 0 saturated heterocycles. The number of hydrogen-bond acceptors (Lipinski definition) is 13. The van der Waals surface area contributed by atoms with Gasteiger partial charge in [0.1, 0.15) is 0 Å². The predicted octanol–water partition coefficient (Wildman–Crippen LogP) is -29.7. The average Bonchev–Trinajstić information content (AvgIpc) is 2.76. The molecule has 5 atom stereocenters. The van der Waals surface area contributed by atoms with E-state index in [1.54, 1.807) is 6.92 Å². The number of carbonyl (C=O) groups excluding carboxylic acids is 6. The fourth-order valence-corrected chi connectivity index (χ4v) is 4.58. The fourth-order valence-electron chi connectivity index (χ4n) is 3.97. The number of aliphatic carboxylic acids is 4. The van der Waals surface area contributed by atoms with E-state index >= 15 is 0 Å². The summed E-state index contributed by atoms with van der Waals surface area (Å²) in [6.45, 7) is 2.51. The van der Waals surface area contributed by atoms with Crippen LogP contribution < -0.4 is 252 Å². The molecule has 2 amide bonds. The first-order valence-electron chi connectivity index (χ1n) is 11.6. The zero-order valence-electron chi connectivity index (χ0n) is 27.4. The molecule has 0 aromatic carbocycles. The molecule has 212 valence electrons. The second kappa shape index (κ2) is 35.3. The van der Waals surface area contributed by atoms with Crippen LogP contribution >= 0.6 is 0 Å². The maximum atomic E-state index is 12.9. The molecule has 0 fully saturated rings. The SMILES string of the molecule is CCCCNC(=O)C([C@H](CC(=O)[O-])C(=O)[O-])[C@H](C(=O)[O-])[C@H](C(=O)[O-])C(CC)C(=O)NCCC[Si]([O-])([O-])[O-].[Na+].[Na+].[Na+].[Na+].[Na+].[Na+].[Na+]. The number of amides is 2. The molecule has 0 aromatic rings. The van der Waals surface area contributed by atoms with Gasteiger partial charge in [0.15, 0.2) is 0 Å². The van der Waals surface area contributed by atoms with Crippen LogP contribution in [0, 0.1) is 29.6 Å². The van der Waals surface area contributed by atoms with Crippen molar-refractivity contribution >= 4 is 44.5 Å². The van der Waals surface area contributed by atoms with E-state index in [1.807, 2.05) is 0 Å². The van der Waals surface area contributed by atoms with Crippen LogP contribution in [0.15, 0.2) is 0 Å². The third kappa shape index (κ3) is 26.7. The van der Waals surface area contributed by atoms with E-state index in [0.29, 0.717) is 12.8 Å². The van der Waals surface area contributed by atoms with Gasteiger partial charge in [-0.15, -0.1) is 6.04 Å². The number of hydrogen-bond donors (Lipinski definition) is 2. The van der Waals surface area contributed by atoms with Crippen molar-refractivity contribution in [2.75, 3.05) is 13.1 Å². The van der Waals surface area contributed by atoms with Crippen molar-refractivity contribution in [2.45, 2.75) is 52.0 Å². The van der Waals surface area contributed by atoms with Crippen molar-refractivity contribution in [3.05, 3.63) is 0 Å². The van der Waals surface area contributed by atoms with Crippen LogP contribution in [0.2, 0.25) is 6.04 Å². The zero-order chi connectivity index (χ0) is 28.9. The summed E-state index contributed by atoms with van der Waals surface area (Å²) in [6, 6.07) is -0.799. The van der Waals surface area contributed by atoms with Gasteiger partial charge in [0.05, 0.1) is 5.92 Å². The summed E-state index contributed by atoms with van der Waals surface area (Å²) in [7, 11) is -5.17. The molecule has 0 spiro atoms. The standard InChI is InChI=1S/C21H33N2O13Si.7Na/c1-3-5-7-23-18(27)14(12(19(28)29)10-13(24)25)16(21(32)33)15(20(30)31)11(4-2)17(26)22-8-6-9-37(34,35)36;;;;;;;/h11-12,14-16H,3-10H2,1-2H3,(H,22,26)(H,23,27)(H,24,25)(H,28,29)(H,30,31)(H,32,33);;;;;;;/q-3;7*+1/p-4/t11?,12-,14?,15+,16-;;;;;;;/m0......./s1. The molecule has 0 aliphatic heterocycles. The van der Waals surface area contributed by atoms with E-state index in [4.69, 9.17) is 0 Å². The first-order chi connectivity index (χ1) is 17.1. The van der Waals surface area contributed by atoms with Crippen molar-refractivity contribution in [1.82, 2.24) is 10.6 Å². The Hall–Kier alpha value is 3.92. The van der Waals surface area contributed by atoms with Gasteiger partial charge < -0.3 is 64.6 Å². The van der Waals surface area contributed by atoms with Gasteiger partial charge >= 0.3 is 207 Å². The fraction of sp³-hybridized carbons (Fsp3) is 0.714. The molecule has 0 radical (unpaired) electrons. The van der Waals surface area contributed by atoms with Crippen LogP contribution in [0.3, 0.4) is 0 Å². The topological polar surface area (TPSA) is 288 Å². The van der Waals surface area contributed by atoms with Gasteiger partial charge in [-0.3, -0.25) is 18.4 Å². The molecule has 0 aromatic heterocycles. The summed E-state index contributed by atoms with van der Waals surface area (Å²) in [5, 5.41) is 51.5. The summed E-state index contributed by atoms with van der Waals surface area (Å²) >= 11 is 0. The van der Waals surface area contributed by atoms with Crippen molar-refractivity contribution in [2.24, 2.45) is 29.6 Å². The normalized spacial score (nSPS) is 13.0. The molecule has 2 N–H and O–H groups in total. The quantitative estimate of drug-likeness (QED) is 0.0933. The van der Waals surface area contributed by atoms with E-state index in [2.05, 4.69) is 10.6 Å². The Morgan fingerprint density at radius 1 is 0.591 bits per heavy atom. The summed E-state index contributed by atoms with van der Waals surface area (Å²) < 4.78 is 0. The number of carboxylic acid groups (broad SMARTS) is 4. The van der Waals surface area contributed by atoms with Crippen LogP contribution in [-0.4, -0.2) is 57.6 Å². The van der Waals surface area contributed by atoms with Gasteiger partial charge in [-0.05, 0) is 25.7 Å². The first-order valence-corrected chi connectivity index (χ1v) is 13.5. The van der Waals surface area contributed by atoms with Crippen molar-refractivity contribution in [3.8, 4) is 0 Å². The molecule has 0 saturated carbocycles. The Kier molecular flexibility index (Phi) is 53.1. The number of unbranched alkanes of at least 4 members (excludes halogenated alkanes) is 1. The van der Waals surface area contributed by atoms with E-state index in [9.17, 15) is 63.6 Å². The maximum absolute atomic E-state index is 12.9. The molecule has 0 heterocycles. The number of rotatable bonds is 19. The monoisotopic (exact) mass is 706 g/mol. The zero-order valence-corrected chi connectivity index (χ0v) is 42.4. The van der Waals surface area contributed by atoms with Crippen LogP contribution in [0.4, 0.5) is 0 Å². The predicted molar refractivity (Wildman–Crippen MR) is 108 cm³/mol. The van der Waals surface area contributed by atoms with Crippen LogP contribution in [0.5, 0.6) is 0 Å². The Morgan fingerprint density at radius 2 is 1.02 bits per heavy atom. The molecule has 23 heteroatoms. The minimum Gasteiger partial charge on any atom is -0.881 e. The molecule has 0 aliphatic carbocycles. The third-order valence-corrected chi connectivity index (χ3v) is 6.71. The van der Waals surface area contributed by atoms with Crippen molar-refractivity contribution in [3.63, 3.8) is 0 Å². The Morgan fingerprint density at radius 3 is 1.36 bits per heavy atom. The molecule has 2 unspecified atom stereocenters. The van der Waals surface area contributed by atoms with Crippen molar-refractivity contribution in [1.29, 1.82) is 0 Å². The Labute approximate surface area is 412 Å².